The van der Waals surface area contributed by atoms with E-state index in [-0.39, 0.29) is 0 Å². The lowest BCUT2D eigenvalue weighted by Crippen LogP contribution is -2.17. The molecule has 6 heteroatoms. The Hall–Kier alpha value is -9.82. The summed E-state index contributed by atoms with van der Waals surface area (Å²) in [7, 11) is 0. The minimum Gasteiger partial charge on any atom is -0.316 e. The van der Waals surface area contributed by atoms with Crippen molar-refractivity contribution in [3.05, 3.63) is 282 Å². The summed E-state index contributed by atoms with van der Waals surface area (Å²) in [5, 5.41) is 19.2. The zero-order chi connectivity index (χ0) is 50.4. The molecular weight excluding hydrogens is 961 g/mol. The molecule has 0 bridgehead atoms. The molecule has 15 rings (SSSR count). The van der Waals surface area contributed by atoms with Crippen LogP contribution >= 0.6 is 22.7 Å². The van der Waals surface area contributed by atoms with Crippen molar-refractivity contribution in [3.63, 3.8) is 0 Å². The lowest BCUT2D eigenvalue weighted by Gasteiger charge is -2.33. The van der Waals surface area contributed by atoms with Crippen LogP contribution in [0.25, 0.3) is 106 Å². The molecule has 0 atom stereocenters. The Morgan fingerprint density at radius 2 is 0.776 bits per heavy atom. The van der Waals surface area contributed by atoms with Gasteiger partial charge in [0.15, 0.2) is 0 Å². The Labute approximate surface area is 446 Å². The van der Waals surface area contributed by atoms with Crippen molar-refractivity contribution in [2.45, 2.75) is 0 Å². The smallest absolute Gasteiger partial charge is 0.220 e. The first-order chi connectivity index (χ1) is 37.7. The van der Waals surface area contributed by atoms with E-state index in [1.165, 1.54) is 20.2 Å². The van der Waals surface area contributed by atoms with Crippen LogP contribution in [0.3, 0.4) is 0 Å². The Morgan fingerprint density at radius 3 is 1.24 bits per heavy atom. The zero-order valence-corrected chi connectivity index (χ0v) is 42.3. The van der Waals surface area contributed by atoms with Gasteiger partial charge in [-0.15, -0.1) is 22.7 Å². The molecular formula is C70H40N4S2. The Bertz CT molecular complexity index is 4600. The van der Waals surface area contributed by atoms with E-state index in [9.17, 15) is 11.8 Å². The molecule has 3 aromatic heterocycles. The molecule has 352 valence electrons. The van der Waals surface area contributed by atoms with E-state index in [2.05, 4.69) is 222 Å². The van der Waals surface area contributed by atoms with Crippen molar-refractivity contribution in [3.8, 4) is 34.0 Å². The van der Waals surface area contributed by atoms with E-state index in [0.717, 1.165) is 109 Å². The molecule has 14 aromatic rings. The van der Waals surface area contributed by atoms with E-state index >= 15 is 0 Å². The quantitative estimate of drug-likeness (QED) is 0.156. The molecule has 0 radical (unpaired) electrons. The van der Waals surface area contributed by atoms with Gasteiger partial charge in [-0.2, -0.15) is 5.26 Å². The van der Waals surface area contributed by atoms with Gasteiger partial charge in [0, 0.05) is 64.0 Å². The second-order valence-corrected chi connectivity index (χ2v) is 21.3. The molecule has 0 spiro atoms. The van der Waals surface area contributed by atoms with Crippen LogP contribution < -0.4 is 4.90 Å². The van der Waals surface area contributed by atoms with Crippen LogP contribution in [-0.2, 0) is 0 Å². The highest BCUT2D eigenvalue weighted by molar-refractivity contribution is 7.27. The minimum atomic E-state index is 0.407. The van der Waals surface area contributed by atoms with Gasteiger partial charge in [0.25, 0.3) is 0 Å². The number of benzene rings is 11. The topological polar surface area (TPSA) is 36.3 Å². The number of anilines is 3. The number of para-hydroxylation sites is 2. The Morgan fingerprint density at radius 1 is 0.382 bits per heavy atom. The zero-order valence-electron chi connectivity index (χ0n) is 40.7. The van der Waals surface area contributed by atoms with Gasteiger partial charge < -0.3 is 9.47 Å². The van der Waals surface area contributed by atoms with Crippen molar-refractivity contribution in [1.82, 2.24) is 4.57 Å². The lowest BCUT2D eigenvalue weighted by atomic mass is 9.86. The van der Waals surface area contributed by atoms with E-state index in [1.54, 1.807) is 22.7 Å². The van der Waals surface area contributed by atoms with Crippen molar-refractivity contribution in [1.29, 1.82) is 5.26 Å². The number of thiophene rings is 2. The molecule has 0 N–H and O–H groups in total. The van der Waals surface area contributed by atoms with Gasteiger partial charge >= 0.3 is 0 Å². The molecule has 0 aliphatic carbocycles. The summed E-state index contributed by atoms with van der Waals surface area (Å²) in [6.45, 7) is 9.64. The Kier molecular flexibility index (Phi) is 10.0. The van der Waals surface area contributed by atoms with Gasteiger partial charge in [-0.1, -0.05) is 218 Å². The largest absolute Gasteiger partial charge is 0.316 e. The SMILES string of the molecule is [C-]#[N+]c1c(-c2ccccc2)c(C#N)c(N2c3ccccc3C(c3ccccc3)=C(c3ccccc3)c3ccccc32)c(-c2ccccc2)c1-n1c2c(ccc3c4ccccc4sc32)c2ccc3c4ccccc4sc3c21. The van der Waals surface area contributed by atoms with E-state index in [1.807, 2.05) is 36.4 Å². The summed E-state index contributed by atoms with van der Waals surface area (Å²) in [6, 6.07) is 88.6. The maximum Gasteiger partial charge on any atom is 0.220 e. The van der Waals surface area contributed by atoms with E-state index < -0.39 is 0 Å². The van der Waals surface area contributed by atoms with Crippen LogP contribution in [0.5, 0.6) is 0 Å². The van der Waals surface area contributed by atoms with Gasteiger partial charge in [-0.05, 0) is 57.7 Å². The number of nitrogens with zero attached hydrogens (tertiary/aromatic N) is 4. The van der Waals surface area contributed by atoms with Crippen LogP contribution in [0.1, 0.15) is 27.8 Å². The molecule has 4 heterocycles. The number of nitriles is 1. The summed E-state index contributed by atoms with van der Waals surface area (Å²) >= 11 is 3.60. The maximum absolute atomic E-state index is 12.3. The fourth-order valence-corrected chi connectivity index (χ4v) is 14.6. The first kappa shape index (κ1) is 43.7. The number of aromatic nitrogens is 1. The van der Waals surface area contributed by atoms with E-state index in [4.69, 9.17) is 4.85 Å². The highest BCUT2D eigenvalue weighted by Crippen LogP contribution is 2.59. The number of hydrogen-bond acceptors (Lipinski definition) is 4. The van der Waals surface area contributed by atoms with Gasteiger partial charge in [-0.3, -0.25) is 0 Å². The first-order valence-electron chi connectivity index (χ1n) is 25.4. The molecule has 0 fully saturated rings. The lowest BCUT2D eigenvalue weighted by molar-refractivity contribution is 1.18. The molecule has 0 saturated heterocycles. The number of hydrogen-bond donors (Lipinski definition) is 0. The predicted molar refractivity (Wildman–Crippen MR) is 321 cm³/mol. The molecule has 1 aliphatic rings. The minimum absolute atomic E-state index is 0.407. The predicted octanol–water partition coefficient (Wildman–Crippen LogP) is 20.1. The van der Waals surface area contributed by atoms with Crippen molar-refractivity contribution in [2.75, 3.05) is 4.90 Å². The van der Waals surface area contributed by atoms with Gasteiger partial charge in [0.2, 0.25) is 5.69 Å². The van der Waals surface area contributed by atoms with Crippen LogP contribution in [0.2, 0.25) is 0 Å². The second-order valence-electron chi connectivity index (χ2n) is 19.2. The molecule has 0 saturated carbocycles. The standard InChI is InChI=1S/C70H40N4S2/c1-72-64-62(45-26-10-4-11-27-45)55(42-71)65(73-56-34-18-14-32-53(56)60(43-22-6-2-7-23-43)61(44-24-8-3-9-25-44)54-33-15-19-35-57(54)73)63(46-28-12-5-13-29-46)68(64)74-66-49(38-40-51-47-30-16-20-36-58(47)75-69(51)66)50-39-41-52-48-31-17-21-37-59(48)76-70(52)67(50)74/h2-41H. The van der Waals surface area contributed by atoms with Gasteiger partial charge in [0.05, 0.1) is 55.3 Å². The summed E-state index contributed by atoms with van der Waals surface area (Å²) in [5.41, 5.74) is 15.5. The van der Waals surface area contributed by atoms with Crippen molar-refractivity contribution < 1.29 is 0 Å². The molecule has 4 nitrogen and oxygen atoms in total. The van der Waals surface area contributed by atoms with E-state index in [0.29, 0.717) is 22.5 Å². The molecule has 1 aliphatic heterocycles. The highest BCUT2D eigenvalue weighted by Gasteiger charge is 2.37. The van der Waals surface area contributed by atoms with Crippen LogP contribution in [0.4, 0.5) is 22.7 Å². The summed E-state index contributed by atoms with van der Waals surface area (Å²) < 4.78 is 7.12. The molecule has 76 heavy (non-hydrogen) atoms. The molecule has 0 unspecified atom stereocenters. The summed E-state index contributed by atoms with van der Waals surface area (Å²) in [4.78, 5) is 7.07. The van der Waals surface area contributed by atoms with Gasteiger partial charge in [0.1, 0.15) is 6.07 Å². The third-order valence-corrected chi connectivity index (χ3v) is 17.6. The van der Waals surface area contributed by atoms with Crippen molar-refractivity contribution in [2.24, 2.45) is 0 Å². The van der Waals surface area contributed by atoms with Crippen LogP contribution in [0.15, 0.2) is 243 Å². The summed E-state index contributed by atoms with van der Waals surface area (Å²) in [6.07, 6.45) is 0. The molecule has 0 amide bonds. The first-order valence-corrected chi connectivity index (χ1v) is 27.0. The monoisotopic (exact) mass is 1000 g/mol. The average Bonchev–Trinajstić information content (AvgIpc) is 4.23. The Balaban J connectivity index is 1.21. The van der Waals surface area contributed by atoms with Crippen LogP contribution in [0, 0.1) is 17.9 Å². The number of fused-ring (bicyclic) bond motifs is 13. The van der Waals surface area contributed by atoms with Crippen molar-refractivity contribution >= 4 is 119 Å². The summed E-state index contributed by atoms with van der Waals surface area (Å²) in [5.74, 6) is 0. The third-order valence-electron chi connectivity index (χ3n) is 15.2. The maximum atomic E-state index is 12.3. The highest BCUT2D eigenvalue weighted by atomic mass is 32.1. The fourth-order valence-electron chi connectivity index (χ4n) is 12.1. The fraction of sp³-hybridized carbons (Fsp3) is 0. The van der Waals surface area contributed by atoms with Crippen LogP contribution in [-0.4, -0.2) is 4.57 Å². The van der Waals surface area contributed by atoms with Gasteiger partial charge in [-0.25, -0.2) is 4.85 Å². The second kappa shape index (κ2) is 17.4. The normalized spacial score (nSPS) is 12.4. The third kappa shape index (κ3) is 6.39. The number of rotatable bonds is 6. The average molecular weight is 1000 g/mol. The molecule has 11 aromatic carbocycles.